The second-order valence-corrected chi connectivity index (χ2v) is 1.61. The van der Waals surface area contributed by atoms with Crippen LogP contribution in [0.3, 0.4) is 0 Å². The van der Waals surface area contributed by atoms with Crippen molar-refractivity contribution in [3.05, 3.63) is 0 Å². The maximum absolute atomic E-state index is 8.81. The Hall–Kier alpha value is -0.410. The van der Waals surface area contributed by atoms with Crippen molar-refractivity contribution in [2.45, 2.75) is 19.9 Å². The minimum absolute atomic E-state index is 0.219. The molecule has 0 aliphatic heterocycles. The third kappa shape index (κ3) is 18.4. The predicted molar refractivity (Wildman–Crippen MR) is 37.3 cm³/mol. The van der Waals surface area contributed by atoms with Crippen molar-refractivity contribution in [3.8, 4) is 0 Å². The second-order valence-electron chi connectivity index (χ2n) is 1.61. The van der Waals surface area contributed by atoms with Gasteiger partial charge in [0.1, 0.15) is 6.29 Å². The second kappa shape index (κ2) is 10.5. The Morgan fingerprint density at radius 2 is 2.11 bits per heavy atom. The van der Waals surface area contributed by atoms with E-state index in [4.69, 9.17) is 9.90 Å². The Bertz CT molecular complexity index is 53.0. The zero-order valence-electron chi connectivity index (χ0n) is 6.22. The van der Waals surface area contributed by atoms with E-state index in [0.29, 0.717) is 0 Å². The van der Waals surface area contributed by atoms with Crippen LogP contribution in [0.2, 0.25) is 0 Å². The van der Waals surface area contributed by atoms with Gasteiger partial charge < -0.3 is 15.2 Å². The first-order chi connectivity index (χ1) is 4.22. The quantitative estimate of drug-likeness (QED) is 0.512. The number of likely N-dealkylation sites (N-methyl/N-ethyl adjacent to an activating group) is 1. The summed E-state index contributed by atoms with van der Waals surface area (Å²) in [4.78, 5) is 8.81. The molecule has 3 heteroatoms. The number of rotatable bonds is 2. The molecule has 0 rings (SSSR count). The van der Waals surface area contributed by atoms with Crippen LogP contribution in [0.5, 0.6) is 0 Å². The summed E-state index contributed by atoms with van der Waals surface area (Å²) in [6.07, 6.45) is 0.750. The van der Waals surface area contributed by atoms with Crippen molar-refractivity contribution >= 4 is 6.29 Å². The zero-order valence-corrected chi connectivity index (χ0v) is 6.22. The van der Waals surface area contributed by atoms with E-state index in [1.807, 2.05) is 14.0 Å². The van der Waals surface area contributed by atoms with Gasteiger partial charge in [0.15, 0.2) is 0 Å². The maximum Gasteiger partial charge on any atom is 0.116 e. The Labute approximate surface area is 56.1 Å². The predicted octanol–water partition coefficient (Wildman–Crippen LogP) is -0.208. The SMILES string of the molecule is CC=O.CNC(C)CO. The molecule has 0 bridgehead atoms. The van der Waals surface area contributed by atoms with Crippen LogP contribution < -0.4 is 5.32 Å². The van der Waals surface area contributed by atoms with Crippen molar-refractivity contribution in [2.24, 2.45) is 0 Å². The van der Waals surface area contributed by atoms with Crippen LogP contribution in [0.25, 0.3) is 0 Å². The number of aldehydes is 1. The minimum Gasteiger partial charge on any atom is -0.395 e. The molecule has 3 nitrogen and oxygen atoms in total. The van der Waals surface area contributed by atoms with E-state index in [2.05, 4.69) is 5.32 Å². The first-order valence-corrected chi connectivity index (χ1v) is 2.90. The fraction of sp³-hybridized carbons (Fsp3) is 0.833. The van der Waals surface area contributed by atoms with E-state index in [1.54, 1.807) is 0 Å². The van der Waals surface area contributed by atoms with Crippen molar-refractivity contribution < 1.29 is 9.90 Å². The van der Waals surface area contributed by atoms with Crippen LogP contribution in [0.4, 0.5) is 0 Å². The first kappa shape index (κ1) is 11.4. The Morgan fingerprint density at radius 3 is 2.11 bits per heavy atom. The lowest BCUT2D eigenvalue weighted by molar-refractivity contribution is -0.106. The molecule has 0 aliphatic carbocycles. The average molecular weight is 133 g/mol. The largest absolute Gasteiger partial charge is 0.395 e. The summed E-state index contributed by atoms with van der Waals surface area (Å²) < 4.78 is 0. The van der Waals surface area contributed by atoms with E-state index in [1.165, 1.54) is 6.92 Å². The lowest BCUT2D eigenvalue weighted by Gasteiger charge is -2.01. The van der Waals surface area contributed by atoms with Crippen molar-refractivity contribution in [2.75, 3.05) is 13.7 Å². The maximum atomic E-state index is 8.81. The number of hydrogen-bond donors (Lipinski definition) is 2. The van der Waals surface area contributed by atoms with Gasteiger partial charge in [0.2, 0.25) is 0 Å². The molecule has 0 aromatic heterocycles. The lowest BCUT2D eigenvalue weighted by Crippen LogP contribution is -2.24. The highest BCUT2D eigenvalue weighted by molar-refractivity contribution is 5.44. The van der Waals surface area contributed by atoms with Crippen LogP contribution >= 0.6 is 0 Å². The molecular weight excluding hydrogens is 118 g/mol. The third-order valence-electron chi connectivity index (χ3n) is 0.767. The average Bonchev–Trinajstić information content (AvgIpc) is 1.88. The fourth-order valence-corrected chi connectivity index (χ4v) is 0.0913. The molecule has 0 aliphatic rings. The number of aliphatic hydroxyl groups is 1. The monoisotopic (exact) mass is 133 g/mol. The molecule has 1 unspecified atom stereocenters. The minimum atomic E-state index is 0.219. The molecule has 0 saturated carbocycles. The molecule has 0 radical (unpaired) electrons. The fourth-order valence-electron chi connectivity index (χ4n) is 0.0913. The topological polar surface area (TPSA) is 49.3 Å². The molecule has 0 aromatic carbocycles. The van der Waals surface area contributed by atoms with Gasteiger partial charge in [-0.3, -0.25) is 0 Å². The summed E-state index contributed by atoms with van der Waals surface area (Å²) in [5, 5.41) is 11.1. The zero-order chi connectivity index (χ0) is 7.70. The van der Waals surface area contributed by atoms with Crippen LogP contribution in [0, 0.1) is 0 Å². The van der Waals surface area contributed by atoms with Gasteiger partial charge in [-0.25, -0.2) is 0 Å². The standard InChI is InChI=1S/C4H11NO.C2H4O/c1-4(3-6)5-2;1-2-3/h4-6H,3H2,1-2H3;2H,1H3. The van der Waals surface area contributed by atoms with E-state index in [0.717, 1.165) is 6.29 Å². The lowest BCUT2D eigenvalue weighted by atomic mass is 10.4. The first-order valence-electron chi connectivity index (χ1n) is 2.90. The molecule has 0 spiro atoms. The van der Waals surface area contributed by atoms with Gasteiger partial charge in [0, 0.05) is 6.04 Å². The Kier molecular flexibility index (Phi) is 13.4. The molecule has 0 heterocycles. The molecule has 0 fully saturated rings. The van der Waals surface area contributed by atoms with Gasteiger partial charge >= 0.3 is 0 Å². The number of carbonyl (C=O) groups is 1. The summed E-state index contributed by atoms with van der Waals surface area (Å²) in [6.45, 7) is 3.58. The highest BCUT2D eigenvalue weighted by Crippen LogP contribution is 1.69. The van der Waals surface area contributed by atoms with Crippen molar-refractivity contribution in [3.63, 3.8) is 0 Å². The smallest absolute Gasteiger partial charge is 0.116 e. The summed E-state index contributed by atoms with van der Waals surface area (Å²) in [6, 6.07) is 0.241. The van der Waals surface area contributed by atoms with Gasteiger partial charge in [0.25, 0.3) is 0 Å². The molecule has 0 amide bonds. The number of hydrogen-bond acceptors (Lipinski definition) is 3. The molecule has 2 N–H and O–H groups in total. The van der Waals surface area contributed by atoms with E-state index in [-0.39, 0.29) is 12.6 Å². The Balaban J connectivity index is 0. The molecular formula is C6H15NO2. The van der Waals surface area contributed by atoms with Gasteiger partial charge in [0.05, 0.1) is 6.61 Å². The van der Waals surface area contributed by atoms with Gasteiger partial charge in [-0.15, -0.1) is 0 Å². The number of nitrogens with one attached hydrogen (secondary N) is 1. The highest BCUT2D eigenvalue weighted by atomic mass is 16.3. The molecule has 1 atom stereocenters. The van der Waals surface area contributed by atoms with Gasteiger partial charge in [-0.1, -0.05) is 0 Å². The summed E-state index contributed by atoms with van der Waals surface area (Å²) in [7, 11) is 1.82. The van der Waals surface area contributed by atoms with E-state index >= 15 is 0 Å². The van der Waals surface area contributed by atoms with Crippen LogP contribution in [-0.2, 0) is 4.79 Å². The summed E-state index contributed by atoms with van der Waals surface area (Å²) in [5.41, 5.74) is 0. The number of aliphatic hydroxyl groups excluding tert-OH is 1. The molecule has 9 heavy (non-hydrogen) atoms. The summed E-state index contributed by atoms with van der Waals surface area (Å²) in [5.74, 6) is 0. The van der Waals surface area contributed by atoms with Crippen LogP contribution in [0.1, 0.15) is 13.8 Å². The van der Waals surface area contributed by atoms with Crippen molar-refractivity contribution in [1.82, 2.24) is 5.32 Å². The van der Waals surface area contributed by atoms with Crippen LogP contribution in [0.15, 0.2) is 0 Å². The van der Waals surface area contributed by atoms with E-state index < -0.39 is 0 Å². The third-order valence-corrected chi connectivity index (χ3v) is 0.767. The number of carbonyl (C=O) groups excluding carboxylic acids is 1. The normalized spacial score (nSPS) is 11.1. The van der Waals surface area contributed by atoms with E-state index in [9.17, 15) is 0 Å². The van der Waals surface area contributed by atoms with Crippen molar-refractivity contribution in [1.29, 1.82) is 0 Å². The van der Waals surface area contributed by atoms with Gasteiger partial charge in [-0.2, -0.15) is 0 Å². The summed E-state index contributed by atoms with van der Waals surface area (Å²) >= 11 is 0. The molecule has 56 valence electrons. The Morgan fingerprint density at radius 1 is 1.78 bits per heavy atom. The van der Waals surface area contributed by atoms with Gasteiger partial charge in [-0.05, 0) is 20.9 Å². The molecule has 0 saturated heterocycles. The molecule has 0 aromatic rings. The van der Waals surface area contributed by atoms with Crippen LogP contribution in [-0.4, -0.2) is 31.1 Å². The highest BCUT2D eigenvalue weighted by Gasteiger charge is 1.88.